The largest absolute Gasteiger partial charge is 0.466 e. The lowest BCUT2D eigenvalue weighted by Crippen LogP contribution is -2.27. The van der Waals surface area contributed by atoms with Gasteiger partial charge in [-0.1, -0.05) is 16.8 Å². The van der Waals surface area contributed by atoms with E-state index in [-0.39, 0.29) is 0 Å². The Morgan fingerprint density at radius 3 is 2.87 bits per heavy atom. The average molecular weight is 232 g/mol. The summed E-state index contributed by atoms with van der Waals surface area (Å²) in [7, 11) is 2.97. The highest BCUT2D eigenvalue weighted by Crippen LogP contribution is 2.58. The van der Waals surface area contributed by atoms with E-state index >= 15 is 0 Å². The fourth-order valence-corrected chi connectivity index (χ4v) is 1.73. The molecule has 0 bridgehead atoms. The number of alkyl halides is 1. The first-order chi connectivity index (χ1) is 6.94. The van der Waals surface area contributed by atoms with Gasteiger partial charge in [0, 0.05) is 7.05 Å². The molecule has 15 heavy (non-hydrogen) atoms. The molecule has 0 spiro atoms. The van der Waals surface area contributed by atoms with Crippen LogP contribution in [0.2, 0.25) is 0 Å². The van der Waals surface area contributed by atoms with Crippen molar-refractivity contribution in [2.45, 2.75) is 17.6 Å². The number of halogens is 1. The first-order valence-electron chi connectivity index (χ1n) is 4.28. The highest BCUT2D eigenvalue weighted by molar-refractivity contribution is 6.35. The van der Waals surface area contributed by atoms with Crippen LogP contribution >= 0.6 is 11.6 Å². The third kappa shape index (κ3) is 1.25. The fourth-order valence-electron chi connectivity index (χ4n) is 1.41. The van der Waals surface area contributed by atoms with E-state index in [1.54, 1.807) is 20.2 Å². The van der Waals surface area contributed by atoms with Crippen LogP contribution in [0, 0.1) is 0 Å². The van der Waals surface area contributed by atoms with Crippen molar-refractivity contribution >= 4 is 17.6 Å². The minimum absolute atomic E-state index is 0.505. The van der Waals surface area contributed by atoms with Crippen molar-refractivity contribution in [1.82, 2.24) is 15.0 Å². The van der Waals surface area contributed by atoms with E-state index in [0.717, 1.165) is 0 Å². The molecule has 2 heterocycles. The highest BCUT2D eigenvalue weighted by atomic mass is 35.5. The summed E-state index contributed by atoms with van der Waals surface area (Å²) in [5.41, 5.74) is -0.457. The van der Waals surface area contributed by atoms with E-state index in [1.165, 1.54) is 11.8 Å². The third-order valence-corrected chi connectivity index (χ3v) is 3.05. The maximum atomic E-state index is 11.4. The first kappa shape index (κ1) is 10.4. The quantitative estimate of drug-likeness (QED) is 0.412. The third-order valence-electron chi connectivity index (χ3n) is 2.46. The molecule has 1 saturated heterocycles. The van der Waals surface area contributed by atoms with Crippen LogP contribution in [-0.2, 0) is 26.9 Å². The predicted octanol–water partition coefficient (Wildman–Crippen LogP) is 0.169. The second kappa shape index (κ2) is 2.93. The summed E-state index contributed by atoms with van der Waals surface area (Å²) in [5.74, 6) is -0.627. The Morgan fingerprint density at radius 2 is 2.40 bits per heavy atom. The van der Waals surface area contributed by atoms with Crippen molar-refractivity contribution in [1.29, 1.82) is 0 Å². The number of aryl methyl sites for hydroxylation is 1. The highest BCUT2D eigenvalue weighted by Gasteiger charge is 2.75. The second-order valence-electron chi connectivity index (χ2n) is 3.50. The standard InChI is InChI=1S/C8H10ClN3O3/c1-7(5-4-12(2)11-10-5)8(9,15-7)6(13)14-3/h4H,1-3H3. The number of nitrogens with zero attached hydrogens (tertiary/aromatic N) is 3. The van der Waals surface area contributed by atoms with Crippen molar-refractivity contribution in [3.63, 3.8) is 0 Å². The molecule has 1 aliphatic heterocycles. The van der Waals surface area contributed by atoms with E-state index in [2.05, 4.69) is 15.0 Å². The summed E-state index contributed by atoms with van der Waals surface area (Å²) in [4.78, 5) is 11.4. The summed E-state index contributed by atoms with van der Waals surface area (Å²) in [6.07, 6.45) is 1.65. The summed E-state index contributed by atoms with van der Waals surface area (Å²) in [5, 5.41) is 6.13. The van der Waals surface area contributed by atoms with Crippen LogP contribution in [0.5, 0.6) is 0 Å². The van der Waals surface area contributed by atoms with Gasteiger partial charge >= 0.3 is 5.97 Å². The number of hydrogen-bond acceptors (Lipinski definition) is 5. The molecule has 1 aromatic heterocycles. The molecule has 1 fully saturated rings. The Balaban J connectivity index is 2.30. The molecule has 0 radical (unpaired) electrons. The number of aromatic nitrogens is 3. The molecule has 0 aromatic carbocycles. The zero-order valence-electron chi connectivity index (χ0n) is 8.52. The molecule has 0 N–H and O–H groups in total. The number of carbonyl (C=O) groups excluding carboxylic acids is 1. The molecule has 1 aliphatic rings. The molecule has 2 unspecified atom stereocenters. The molecule has 1 aromatic rings. The molecule has 0 aliphatic carbocycles. The Labute approximate surface area is 91.1 Å². The van der Waals surface area contributed by atoms with Crippen LogP contribution in [-0.4, -0.2) is 33.1 Å². The van der Waals surface area contributed by atoms with Gasteiger partial charge in [-0.05, 0) is 6.92 Å². The maximum Gasteiger partial charge on any atom is 0.357 e. The number of hydrogen-bond donors (Lipinski definition) is 0. The minimum atomic E-state index is -1.47. The normalized spacial score (nSPS) is 33.9. The predicted molar refractivity (Wildman–Crippen MR) is 50.0 cm³/mol. The summed E-state index contributed by atoms with van der Waals surface area (Å²) >= 11 is 5.97. The SMILES string of the molecule is COC(=O)C1(Cl)OC1(C)c1cn(C)nn1. The van der Waals surface area contributed by atoms with Gasteiger partial charge in [-0.3, -0.25) is 4.68 Å². The monoisotopic (exact) mass is 231 g/mol. The van der Waals surface area contributed by atoms with Gasteiger partial charge in [0.1, 0.15) is 5.69 Å². The molecule has 0 amide bonds. The number of esters is 1. The zero-order valence-corrected chi connectivity index (χ0v) is 9.28. The zero-order chi connectivity index (χ0) is 11.3. The average Bonchev–Trinajstić information content (AvgIpc) is 2.60. The van der Waals surface area contributed by atoms with Gasteiger partial charge in [0.05, 0.1) is 13.3 Å². The van der Waals surface area contributed by atoms with Gasteiger partial charge in [0.15, 0.2) is 5.60 Å². The molecule has 0 saturated carbocycles. The topological polar surface area (TPSA) is 69.5 Å². The van der Waals surface area contributed by atoms with Crippen LogP contribution in [0.15, 0.2) is 6.20 Å². The van der Waals surface area contributed by atoms with Crippen LogP contribution in [0.25, 0.3) is 0 Å². The Hall–Kier alpha value is -1.14. The van der Waals surface area contributed by atoms with Crippen LogP contribution in [0.3, 0.4) is 0 Å². The van der Waals surface area contributed by atoms with E-state index in [9.17, 15) is 4.79 Å². The second-order valence-corrected chi connectivity index (χ2v) is 4.03. The van der Waals surface area contributed by atoms with Crippen molar-refractivity contribution in [3.8, 4) is 0 Å². The fraction of sp³-hybridized carbons (Fsp3) is 0.625. The lowest BCUT2D eigenvalue weighted by molar-refractivity contribution is -0.143. The molecular weight excluding hydrogens is 222 g/mol. The smallest absolute Gasteiger partial charge is 0.357 e. The lowest BCUT2D eigenvalue weighted by Gasteiger charge is -2.05. The van der Waals surface area contributed by atoms with Gasteiger partial charge < -0.3 is 9.47 Å². The van der Waals surface area contributed by atoms with E-state index in [0.29, 0.717) is 5.69 Å². The van der Waals surface area contributed by atoms with Gasteiger partial charge in [-0.15, -0.1) is 5.10 Å². The first-order valence-corrected chi connectivity index (χ1v) is 4.66. The van der Waals surface area contributed by atoms with Crippen molar-refractivity contribution < 1.29 is 14.3 Å². The van der Waals surface area contributed by atoms with Gasteiger partial charge in [0.25, 0.3) is 5.06 Å². The molecule has 7 heteroatoms. The van der Waals surface area contributed by atoms with Crippen LogP contribution in [0.1, 0.15) is 12.6 Å². The number of rotatable bonds is 2. The van der Waals surface area contributed by atoms with Crippen molar-refractivity contribution in [2.24, 2.45) is 7.05 Å². The van der Waals surface area contributed by atoms with Crippen molar-refractivity contribution in [2.75, 3.05) is 7.11 Å². The number of ether oxygens (including phenoxy) is 2. The van der Waals surface area contributed by atoms with E-state index < -0.39 is 16.6 Å². The maximum absolute atomic E-state index is 11.4. The number of carbonyl (C=O) groups is 1. The number of epoxide rings is 1. The Morgan fingerprint density at radius 1 is 1.73 bits per heavy atom. The van der Waals surface area contributed by atoms with Gasteiger partial charge in [-0.25, -0.2) is 4.79 Å². The van der Waals surface area contributed by atoms with Gasteiger partial charge in [0.2, 0.25) is 0 Å². The number of methoxy groups -OCH3 is 1. The van der Waals surface area contributed by atoms with Crippen LogP contribution < -0.4 is 0 Å². The molecule has 2 rings (SSSR count). The summed E-state index contributed by atoms with van der Waals surface area (Å²) < 4.78 is 11.3. The lowest BCUT2D eigenvalue weighted by atomic mass is 10.0. The van der Waals surface area contributed by atoms with Gasteiger partial charge in [-0.2, -0.15) is 0 Å². The van der Waals surface area contributed by atoms with E-state index in [4.69, 9.17) is 16.3 Å². The minimum Gasteiger partial charge on any atom is -0.466 e. The Bertz CT molecular complexity index is 421. The summed E-state index contributed by atoms with van der Waals surface area (Å²) in [6, 6.07) is 0. The molecule has 6 nitrogen and oxygen atoms in total. The molecule has 82 valence electrons. The molecular formula is C8H10ClN3O3. The van der Waals surface area contributed by atoms with Crippen molar-refractivity contribution in [3.05, 3.63) is 11.9 Å². The summed E-state index contributed by atoms with van der Waals surface area (Å²) in [6.45, 7) is 1.67. The van der Waals surface area contributed by atoms with Crippen LogP contribution in [0.4, 0.5) is 0 Å². The molecule has 2 atom stereocenters. The Kier molecular flexibility index (Phi) is 2.03. The van der Waals surface area contributed by atoms with E-state index in [1.807, 2.05) is 0 Å².